The van der Waals surface area contributed by atoms with Gasteiger partial charge in [0.25, 0.3) is 5.91 Å². The first-order valence-corrected chi connectivity index (χ1v) is 10.1. The van der Waals surface area contributed by atoms with Crippen LogP contribution in [-0.4, -0.2) is 41.3 Å². The summed E-state index contributed by atoms with van der Waals surface area (Å²) in [5, 5.41) is 5.75. The molecule has 2 amide bonds. The monoisotopic (exact) mass is 409 g/mol. The summed E-state index contributed by atoms with van der Waals surface area (Å²) in [7, 11) is 0. The van der Waals surface area contributed by atoms with E-state index in [-0.39, 0.29) is 22.8 Å². The molecular weight excluding hydrogens is 389 g/mol. The molecule has 1 aromatic heterocycles. The lowest BCUT2D eigenvalue weighted by Crippen LogP contribution is -2.39. The van der Waals surface area contributed by atoms with Crippen LogP contribution in [0.2, 0.25) is 5.02 Å². The molecule has 0 saturated carbocycles. The number of amides is 2. The Kier molecular flexibility index (Phi) is 6.44. The maximum Gasteiger partial charge on any atom is 0.253 e. The van der Waals surface area contributed by atoms with E-state index in [0.29, 0.717) is 31.6 Å². The molecule has 1 aromatic carbocycles. The van der Waals surface area contributed by atoms with E-state index >= 15 is 0 Å². The number of nitrogens with zero attached hydrogens (tertiary/aromatic N) is 2. The zero-order chi connectivity index (χ0) is 19.4. The first kappa shape index (κ1) is 19.8. The first-order valence-electron chi connectivity index (χ1n) is 8.87. The highest BCUT2D eigenvalue weighted by Crippen LogP contribution is 2.30. The molecule has 1 saturated heterocycles. The minimum Gasteiger partial charge on any atom is -0.356 e. The minimum atomic E-state index is -0.528. The number of rotatable bonds is 5. The van der Waals surface area contributed by atoms with Gasteiger partial charge in [0.2, 0.25) is 5.91 Å². The first-order chi connectivity index (χ1) is 12.9. The van der Waals surface area contributed by atoms with Crippen molar-refractivity contribution in [1.82, 2.24) is 15.2 Å². The van der Waals surface area contributed by atoms with Gasteiger partial charge in [-0.1, -0.05) is 11.6 Å². The standard InChI is InChI=1S/C19H21ClFN3O2S/c1-12(25)22-7-6-15-11-27-18(23-15)14-3-2-8-24(10-14)19(26)13-4-5-17(21)16(20)9-13/h4-5,9,11,14H,2-3,6-8,10H2,1H3,(H,22,25)/t14-/m0/s1. The summed E-state index contributed by atoms with van der Waals surface area (Å²) < 4.78 is 13.3. The number of hydrogen-bond acceptors (Lipinski definition) is 4. The van der Waals surface area contributed by atoms with Gasteiger partial charge in [0.15, 0.2) is 0 Å². The smallest absolute Gasteiger partial charge is 0.253 e. The van der Waals surface area contributed by atoms with Crippen molar-refractivity contribution >= 4 is 34.8 Å². The Balaban J connectivity index is 1.63. The third-order valence-corrected chi connectivity index (χ3v) is 5.89. The summed E-state index contributed by atoms with van der Waals surface area (Å²) in [5.74, 6) is -0.519. The molecule has 1 fully saturated rings. The number of thiazole rings is 1. The highest BCUT2D eigenvalue weighted by molar-refractivity contribution is 7.09. The summed E-state index contributed by atoms with van der Waals surface area (Å²) in [4.78, 5) is 30.2. The Bertz CT molecular complexity index is 842. The van der Waals surface area contributed by atoms with Crippen LogP contribution in [0, 0.1) is 5.82 Å². The molecule has 1 aliphatic heterocycles. The fraction of sp³-hybridized carbons (Fsp3) is 0.421. The maximum absolute atomic E-state index is 13.3. The molecule has 1 aliphatic rings. The van der Waals surface area contributed by atoms with E-state index in [0.717, 1.165) is 23.5 Å². The van der Waals surface area contributed by atoms with Gasteiger partial charge in [0, 0.05) is 49.8 Å². The van der Waals surface area contributed by atoms with E-state index in [1.165, 1.54) is 25.1 Å². The predicted octanol–water partition coefficient (Wildman–Crippen LogP) is 3.63. The zero-order valence-corrected chi connectivity index (χ0v) is 16.6. The Morgan fingerprint density at radius 3 is 3.00 bits per heavy atom. The average molecular weight is 410 g/mol. The van der Waals surface area contributed by atoms with Crippen LogP contribution in [0.4, 0.5) is 4.39 Å². The van der Waals surface area contributed by atoms with E-state index in [9.17, 15) is 14.0 Å². The predicted molar refractivity (Wildman–Crippen MR) is 104 cm³/mol. The third-order valence-electron chi connectivity index (χ3n) is 4.55. The summed E-state index contributed by atoms with van der Waals surface area (Å²) in [5.41, 5.74) is 1.36. The molecule has 8 heteroatoms. The molecule has 0 bridgehead atoms. The van der Waals surface area contributed by atoms with E-state index in [2.05, 4.69) is 10.3 Å². The number of halogens is 2. The van der Waals surface area contributed by atoms with Crippen LogP contribution in [0.15, 0.2) is 23.6 Å². The molecule has 0 spiro atoms. The molecule has 1 N–H and O–H groups in total. The Hall–Kier alpha value is -1.99. The highest BCUT2D eigenvalue weighted by atomic mass is 35.5. The molecule has 0 aliphatic carbocycles. The van der Waals surface area contributed by atoms with Crippen molar-refractivity contribution in [3.63, 3.8) is 0 Å². The quantitative estimate of drug-likeness (QED) is 0.820. The second-order valence-electron chi connectivity index (χ2n) is 6.63. The number of piperidine rings is 1. The second-order valence-corrected chi connectivity index (χ2v) is 7.93. The average Bonchev–Trinajstić information content (AvgIpc) is 3.12. The fourth-order valence-corrected chi connectivity index (χ4v) is 4.33. The van der Waals surface area contributed by atoms with Gasteiger partial charge in [-0.2, -0.15) is 0 Å². The molecule has 0 unspecified atom stereocenters. The second kappa shape index (κ2) is 8.80. The lowest BCUT2D eigenvalue weighted by atomic mass is 9.98. The largest absolute Gasteiger partial charge is 0.356 e. The summed E-state index contributed by atoms with van der Waals surface area (Å²) in [6.07, 6.45) is 2.57. The Morgan fingerprint density at radius 2 is 2.26 bits per heavy atom. The van der Waals surface area contributed by atoms with Crippen molar-refractivity contribution < 1.29 is 14.0 Å². The molecule has 3 rings (SSSR count). The van der Waals surface area contributed by atoms with Crippen LogP contribution in [0.3, 0.4) is 0 Å². The van der Waals surface area contributed by atoms with E-state index in [1.807, 2.05) is 5.38 Å². The van der Waals surface area contributed by atoms with Gasteiger partial charge in [0.1, 0.15) is 5.82 Å². The number of carbonyl (C=O) groups excluding carboxylic acids is 2. The molecular formula is C19H21ClFN3O2S. The minimum absolute atomic E-state index is 0.0434. The lowest BCUT2D eigenvalue weighted by Gasteiger charge is -2.32. The van der Waals surface area contributed by atoms with E-state index < -0.39 is 5.82 Å². The highest BCUT2D eigenvalue weighted by Gasteiger charge is 2.27. The van der Waals surface area contributed by atoms with Gasteiger partial charge >= 0.3 is 0 Å². The number of aromatic nitrogens is 1. The van der Waals surface area contributed by atoms with Gasteiger partial charge in [-0.05, 0) is 31.0 Å². The van der Waals surface area contributed by atoms with Crippen LogP contribution in [0.5, 0.6) is 0 Å². The number of carbonyl (C=O) groups is 2. The fourth-order valence-electron chi connectivity index (χ4n) is 3.17. The Labute approximate surface area is 166 Å². The molecule has 2 heterocycles. The number of likely N-dealkylation sites (tertiary alicyclic amines) is 1. The third kappa shape index (κ3) is 5.05. The zero-order valence-electron chi connectivity index (χ0n) is 15.0. The van der Waals surface area contributed by atoms with Crippen LogP contribution in [0.1, 0.15) is 46.7 Å². The maximum atomic E-state index is 13.3. The molecule has 5 nitrogen and oxygen atoms in total. The molecule has 0 radical (unpaired) electrons. The van der Waals surface area contributed by atoms with Gasteiger partial charge in [-0.3, -0.25) is 9.59 Å². The molecule has 2 aromatic rings. The topological polar surface area (TPSA) is 62.3 Å². The van der Waals surface area contributed by atoms with Gasteiger partial charge in [0.05, 0.1) is 15.7 Å². The number of hydrogen-bond donors (Lipinski definition) is 1. The van der Waals surface area contributed by atoms with Gasteiger partial charge in [-0.25, -0.2) is 9.37 Å². The SMILES string of the molecule is CC(=O)NCCc1csc([C@H]2CCCN(C(=O)c3ccc(F)c(Cl)c3)C2)n1. The number of nitrogens with one attached hydrogen (secondary N) is 1. The summed E-state index contributed by atoms with van der Waals surface area (Å²) in [6, 6.07) is 4.07. The molecule has 144 valence electrons. The van der Waals surface area contributed by atoms with Crippen molar-refractivity contribution in [2.24, 2.45) is 0 Å². The van der Waals surface area contributed by atoms with Crippen LogP contribution in [0.25, 0.3) is 0 Å². The summed E-state index contributed by atoms with van der Waals surface area (Å²) >= 11 is 7.40. The van der Waals surface area contributed by atoms with Crippen molar-refractivity contribution in [1.29, 1.82) is 0 Å². The normalized spacial score (nSPS) is 17.0. The van der Waals surface area contributed by atoms with Crippen molar-refractivity contribution in [2.75, 3.05) is 19.6 Å². The summed E-state index contributed by atoms with van der Waals surface area (Å²) in [6.45, 7) is 3.32. The van der Waals surface area contributed by atoms with Crippen LogP contribution >= 0.6 is 22.9 Å². The van der Waals surface area contributed by atoms with E-state index in [1.54, 1.807) is 16.2 Å². The van der Waals surface area contributed by atoms with Crippen molar-refractivity contribution in [3.8, 4) is 0 Å². The lowest BCUT2D eigenvalue weighted by molar-refractivity contribution is -0.118. The van der Waals surface area contributed by atoms with Crippen LogP contribution in [-0.2, 0) is 11.2 Å². The van der Waals surface area contributed by atoms with Crippen LogP contribution < -0.4 is 5.32 Å². The molecule has 1 atom stereocenters. The number of benzene rings is 1. The van der Waals surface area contributed by atoms with Crippen molar-refractivity contribution in [3.05, 3.63) is 50.7 Å². The van der Waals surface area contributed by atoms with Gasteiger partial charge < -0.3 is 10.2 Å². The van der Waals surface area contributed by atoms with E-state index in [4.69, 9.17) is 11.6 Å². The molecule has 27 heavy (non-hydrogen) atoms. The van der Waals surface area contributed by atoms with Crippen molar-refractivity contribution in [2.45, 2.75) is 32.1 Å². The Morgan fingerprint density at radius 1 is 1.44 bits per heavy atom. The van der Waals surface area contributed by atoms with Gasteiger partial charge in [-0.15, -0.1) is 11.3 Å².